The molecule has 2 heterocycles. The van der Waals surface area contributed by atoms with Gasteiger partial charge in [-0.15, -0.1) is 3.89 Å². The Morgan fingerprint density at radius 1 is 1.31 bits per heavy atom. The standard InChI is InChI=1S/C23H21ClF3N3O2S2.CH4O/c1-23(2,3)32-22(31)30(34-27)21-29-20(15-10-19(15)33-21)14-8-12(4-6-16(14)25)9-17(26)18-7-5-13(24)11-28-18;1-2/h4-9,11,15,19-20H,10H2,1-3H3;2H,1H3/b17-9-;. The number of pyridine rings is 1. The topological polar surface area (TPSA) is 75.0 Å². The van der Waals surface area contributed by atoms with E-state index in [0.717, 1.165) is 17.8 Å². The Labute approximate surface area is 221 Å². The number of aliphatic hydroxyl groups is 1. The number of rotatable bonds is 4. The molecular weight excluding hydrogens is 535 g/mol. The zero-order valence-electron chi connectivity index (χ0n) is 19.9. The Balaban J connectivity index is 0.00000176. The maximum atomic E-state index is 14.8. The van der Waals surface area contributed by atoms with Crippen LogP contribution in [0, 0.1) is 11.7 Å². The summed E-state index contributed by atoms with van der Waals surface area (Å²) in [5, 5.41) is 7.57. The minimum absolute atomic E-state index is 0.0374. The number of aliphatic imine (C=N–C) groups is 1. The predicted molar refractivity (Wildman–Crippen MR) is 139 cm³/mol. The monoisotopic (exact) mass is 559 g/mol. The summed E-state index contributed by atoms with van der Waals surface area (Å²) in [6.45, 7) is 5.03. The minimum atomic E-state index is -0.890. The Morgan fingerprint density at radius 3 is 2.64 bits per heavy atom. The number of fused-ring (bicyclic) bond motifs is 1. The van der Waals surface area contributed by atoms with E-state index >= 15 is 0 Å². The fourth-order valence-corrected chi connectivity index (χ4v) is 5.28. The highest BCUT2D eigenvalue weighted by atomic mass is 35.5. The molecule has 6 nitrogen and oxygen atoms in total. The molecule has 0 saturated heterocycles. The number of hydrogen-bond donors (Lipinski definition) is 1. The van der Waals surface area contributed by atoms with Gasteiger partial charge in [-0.2, -0.15) is 4.31 Å². The van der Waals surface area contributed by atoms with Gasteiger partial charge in [-0.05, 0) is 69.0 Å². The fourth-order valence-electron chi connectivity index (χ4n) is 3.49. The molecule has 36 heavy (non-hydrogen) atoms. The van der Waals surface area contributed by atoms with E-state index in [-0.39, 0.29) is 39.9 Å². The number of aromatic nitrogens is 1. The average molecular weight is 560 g/mol. The van der Waals surface area contributed by atoms with Crippen molar-refractivity contribution in [2.45, 2.75) is 44.1 Å². The van der Waals surface area contributed by atoms with E-state index in [4.69, 9.17) is 21.4 Å². The van der Waals surface area contributed by atoms with Crippen LogP contribution in [0.5, 0.6) is 0 Å². The third-order valence-corrected chi connectivity index (χ3v) is 7.24. The van der Waals surface area contributed by atoms with Gasteiger partial charge in [-0.3, -0.25) is 9.98 Å². The summed E-state index contributed by atoms with van der Waals surface area (Å²) >= 11 is 6.76. The van der Waals surface area contributed by atoms with Crippen molar-refractivity contribution in [1.29, 1.82) is 0 Å². The molecule has 1 amide bonds. The normalized spacial score (nSPS) is 21.0. The van der Waals surface area contributed by atoms with Crippen molar-refractivity contribution in [3.05, 3.63) is 64.2 Å². The molecule has 0 bridgehead atoms. The molecule has 0 radical (unpaired) electrons. The number of carbonyl (C=O) groups is 1. The number of aliphatic hydroxyl groups excluding tert-OH is 1. The first-order valence-corrected chi connectivity index (χ1v) is 12.8. The summed E-state index contributed by atoms with van der Waals surface area (Å²) in [6.07, 6.45) is 2.43. The maximum Gasteiger partial charge on any atom is 0.428 e. The van der Waals surface area contributed by atoms with Crippen LogP contribution in [-0.4, -0.2) is 43.6 Å². The Morgan fingerprint density at radius 2 is 2.03 bits per heavy atom. The lowest BCUT2D eigenvalue weighted by atomic mass is 9.99. The average Bonchev–Trinajstić information content (AvgIpc) is 3.61. The zero-order chi connectivity index (χ0) is 26.6. The van der Waals surface area contributed by atoms with Gasteiger partial charge in [0, 0.05) is 24.1 Å². The molecule has 1 aromatic carbocycles. The van der Waals surface area contributed by atoms with Crippen molar-refractivity contribution in [1.82, 2.24) is 9.29 Å². The summed E-state index contributed by atoms with van der Waals surface area (Å²) in [4.78, 5) is 20.9. The second-order valence-corrected chi connectivity index (χ2v) is 11.0. The molecule has 1 aliphatic carbocycles. The molecular formula is C24H25ClF3N3O3S2. The van der Waals surface area contributed by atoms with Gasteiger partial charge < -0.3 is 9.84 Å². The van der Waals surface area contributed by atoms with Gasteiger partial charge >= 0.3 is 6.09 Å². The smallest absolute Gasteiger partial charge is 0.428 e. The van der Waals surface area contributed by atoms with Crippen LogP contribution >= 0.6 is 35.7 Å². The second-order valence-electron chi connectivity index (χ2n) is 8.89. The molecule has 1 saturated carbocycles. The number of halogens is 4. The van der Waals surface area contributed by atoms with Gasteiger partial charge in [0.25, 0.3) is 0 Å². The van der Waals surface area contributed by atoms with Gasteiger partial charge in [0.05, 0.1) is 16.8 Å². The van der Waals surface area contributed by atoms with E-state index in [0.29, 0.717) is 10.6 Å². The van der Waals surface area contributed by atoms with Gasteiger partial charge in [0.1, 0.15) is 17.2 Å². The molecule has 3 atom stereocenters. The quantitative estimate of drug-likeness (QED) is 0.398. The van der Waals surface area contributed by atoms with Crippen molar-refractivity contribution in [3.8, 4) is 0 Å². The Hall–Kier alpha value is -2.21. The summed E-state index contributed by atoms with van der Waals surface area (Å²) < 4.78 is 49.2. The third kappa shape index (κ3) is 6.96. The van der Waals surface area contributed by atoms with Crippen LogP contribution in [-0.2, 0) is 4.74 Å². The van der Waals surface area contributed by atoms with Gasteiger partial charge in [-0.1, -0.05) is 29.4 Å². The number of amides is 1. The lowest BCUT2D eigenvalue weighted by molar-refractivity contribution is 0.0473. The van der Waals surface area contributed by atoms with Crippen molar-refractivity contribution >= 4 is 58.9 Å². The first kappa shape index (κ1) is 28.4. The zero-order valence-corrected chi connectivity index (χ0v) is 22.3. The molecule has 2 aromatic rings. The fraction of sp³-hybridized carbons (Fsp3) is 0.375. The number of ether oxygens (including phenoxy) is 1. The predicted octanol–water partition coefficient (Wildman–Crippen LogP) is 7.25. The molecule has 1 fully saturated rings. The number of amidine groups is 1. The lowest BCUT2D eigenvalue weighted by Gasteiger charge is -2.27. The lowest BCUT2D eigenvalue weighted by Crippen LogP contribution is -2.36. The number of thioether (sulfide) groups is 1. The molecule has 12 heteroatoms. The molecule has 3 unspecified atom stereocenters. The molecule has 4 rings (SSSR count). The highest BCUT2D eigenvalue weighted by Gasteiger charge is 2.50. The van der Waals surface area contributed by atoms with Crippen LogP contribution < -0.4 is 0 Å². The summed E-state index contributed by atoms with van der Waals surface area (Å²) in [5.41, 5.74) is -0.0482. The SMILES string of the molecule is CC(C)(C)OC(=O)N(SF)C1=NC(c2cc(/C=C(\F)c3ccc(Cl)cn3)ccc2F)C2CC2S1.CO. The molecule has 2 aliphatic rings. The Bertz CT molecular complexity index is 1160. The molecule has 194 valence electrons. The summed E-state index contributed by atoms with van der Waals surface area (Å²) in [6, 6.07) is 6.54. The Kier molecular flexibility index (Phi) is 9.37. The highest BCUT2D eigenvalue weighted by Crippen LogP contribution is 2.56. The van der Waals surface area contributed by atoms with E-state index in [2.05, 4.69) is 9.98 Å². The summed E-state index contributed by atoms with van der Waals surface area (Å²) in [5.74, 6) is -1.08. The van der Waals surface area contributed by atoms with E-state index in [1.54, 1.807) is 20.8 Å². The third-order valence-electron chi connectivity index (χ3n) is 5.10. The van der Waals surface area contributed by atoms with Gasteiger partial charge in [-0.25, -0.2) is 13.6 Å². The van der Waals surface area contributed by atoms with Crippen LogP contribution in [0.1, 0.15) is 50.1 Å². The van der Waals surface area contributed by atoms with Crippen molar-refractivity contribution in [2.75, 3.05) is 7.11 Å². The molecule has 0 spiro atoms. The van der Waals surface area contributed by atoms with Crippen molar-refractivity contribution in [3.63, 3.8) is 0 Å². The van der Waals surface area contributed by atoms with E-state index in [1.165, 1.54) is 54.4 Å². The number of benzene rings is 1. The van der Waals surface area contributed by atoms with Crippen molar-refractivity contribution in [2.24, 2.45) is 10.9 Å². The van der Waals surface area contributed by atoms with E-state index < -0.39 is 29.4 Å². The molecule has 1 aliphatic heterocycles. The van der Waals surface area contributed by atoms with Crippen LogP contribution in [0.4, 0.5) is 17.5 Å². The largest absolute Gasteiger partial charge is 0.443 e. The van der Waals surface area contributed by atoms with Crippen LogP contribution in [0.15, 0.2) is 41.5 Å². The van der Waals surface area contributed by atoms with Crippen molar-refractivity contribution < 1.29 is 27.3 Å². The number of hydrogen-bond acceptors (Lipinski definition) is 7. The number of carbonyl (C=O) groups excluding carboxylic acids is 1. The first-order valence-electron chi connectivity index (χ1n) is 10.9. The summed E-state index contributed by atoms with van der Waals surface area (Å²) in [7, 11) is 1.00. The maximum absolute atomic E-state index is 14.8. The minimum Gasteiger partial charge on any atom is -0.443 e. The van der Waals surface area contributed by atoms with E-state index in [1.807, 2.05) is 0 Å². The van der Waals surface area contributed by atoms with Gasteiger partial charge in [0.2, 0.25) is 0 Å². The van der Waals surface area contributed by atoms with E-state index in [9.17, 15) is 17.5 Å². The van der Waals surface area contributed by atoms with Crippen LogP contribution in [0.3, 0.4) is 0 Å². The molecule has 1 N–H and O–H groups in total. The highest BCUT2D eigenvalue weighted by molar-refractivity contribution is 8.15. The first-order chi connectivity index (χ1) is 17.1. The van der Waals surface area contributed by atoms with Gasteiger partial charge in [0.15, 0.2) is 17.5 Å². The molecule has 1 aromatic heterocycles. The van der Waals surface area contributed by atoms with Crippen LogP contribution in [0.2, 0.25) is 5.02 Å². The van der Waals surface area contributed by atoms with Crippen LogP contribution in [0.25, 0.3) is 11.9 Å². The second kappa shape index (κ2) is 11.9. The number of nitrogens with zero attached hydrogens (tertiary/aromatic N) is 3.